The zero-order valence-electron chi connectivity index (χ0n) is 21.9. The number of methoxy groups -OCH3 is 1. The number of urea groups is 1. The monoisotopic (exact) mass is 496 g/mol. The lowest BCUT2D eigenvalue weighted by Crippen LogP contribution is -2.58. The van der Waals surface area contributed by atoms with E-state index in [1.54, 1.807) is 48.5 Å². The number of hydrazine groups is 1. The Hall–Kier alpha value is -3.60. The molecule has 1 saturated heterocycles. The number of anilines is 4. The summed E-state index contributed by atoms with van der Waals surface area (Å²) in [5.41, 5.74) is 1.81. The number of nitrogens with one attached hydrogen (secondary N) is 2. The molecule has 4 rings (SSSR count). The maximum atomic E-state index is 12.8. The van der Waals surface area contributed by atoms with Gasteiger partial charge < -0.3 is 20.3 Å². The Morgan fingerprint density at radius 2 is 1.94 bits per heavy atom. The first-order chi connectivity index (χ1) is 17.2. The molecule has 36 heavy (non-hydrogen) atoms. The molecule has 2 aromatic rings. The number of benzene rings is 1. The van der Waals surface area contributed by atoms with Crippen LogP contribution in [0.4, 0.5) is 27.9 Å². The van der Waals surface area contributed by atoms with E-state index in [0.29, 0.717) is 41.0 Å². The highest BCUT2D eigenvalue weighted by Gasteiger charge is 2.36. The van der Waals surface area contributed by atoms with E-state index in [2.05, 4.69) is 27.6 Å². The van der Waals surface area contributed by atoms with Crippen molar-refractivity contribution in [1.82, 2.24) is 25.2 Å². The Kier molecular flexibility index (Phi) is 7.48. The SMILES string of the molecule is CCN1C(=O)N(C)c2cnc(Nc3ccc(C(=O)NC4CCN(C)CC4)cc3OC)nc2N1C(C)C. The lowest BCUT2D eigenvalue weighted by molar-refractivity contribution is 0.0916. The Morgan fingerprint density at radius 3 is 2.58 bits per heavy atom. The number of carbonyl (C=O) groups excluding carboxylic acids is 2. The van der Waals surface area contributed by atoms with Gasteiger partial charge in [0.05, 0.1) is 19.0 Å². The second-order valence-corrected chi connectivity index (χ2v) is 9.49. The number of fused-ring (bicyclic) bond motifs is 1. The largest absolute Gasteiger partial charge is 0.495 e. The van der Waals surface area contributed by atoms with Crippen molar-refractivity contribution in [2.75, 3.05) is 56.1 Å². The van der Waals surface area contributed by atoms with Crippen LogP contribution in [0.15, 0.2) is 24.4 Å². The Balaban J connectivity index is 1.56. The van der Waals surface area contributed by atoms with Crippen LogP contribution in [0.1, 0.15) is 44.0 Å². The summed E-state index contributed by atoms with van der Waals surface area (Å²) in [7, 11) is 5.38. The van der Waals surface area contributed by atoms with E-state index in [9.17, 15) is 9.59 Å². The molecular formula is C25H36N8O3. The molecule has 1 aromatic heterocycles. The molecule has 0 aliphatic carbocycles. The number of hydrogen-bond donors (Lipinski definition) is 2. The molecule has 3 amide bonds. The zero-order chi connectivity index (χ0) is 26.0. The molecule has 1 fully saturated rings. The van der Waals surface area contributed by atoms with Gasteiger partial charge in [-0.05, 0) is 71.9 Å². The van der Waals surface area contributed by atoms with Gasteiger partial charge in [0.1, 0.15) is 11.4 Å². The van der Waals surface area contributed by atoms with Crippen molar-refractivity contribution in [3.8, 4) is 5.75 Å². The summed E-state index contributed by atoms with van der Waals surface area (Å²) in [6.45, 7) is 8.43. The lowest BCUT2D eigenvalue weighted by atomic mass is 10.0. The molecule has 2 N–H and O–H groups in total. The first-order valence-electron chi connectivity index (χ1n) is 12.4. The average molecular weight is 497 g/mol. The van der Waals surface area contributed by atoms with E-state index in [-0.39, 0.29) is 24.0 Å². The predicted molar refractivity (Wildman–Crippen MR) is 140 cm³/mol. The Morgan fingerprint density at radius 1 is 1.22 bits per heavy atom. The summed E-state index contributed by atoms with van der Waals surface area (Å²) in [6, 6.07) is 5.34. The highest BCUT2D eigenvalue weighted by molar-refractivity contribution is 5.99. The quantitative estimate of drug-likeness (QED) is 0.603. The minimum absolute atomic E-state index is 0.0148. The van der Waals surface area contributed by atoms with Crippen LogP contribution in [-0.4, -0.2) is 84.7 Å². The zero-order valence-corrected chi connectivity index (χ0v) is 21.9. The molecule has 0 bridgehead atoms. The molecule has 11 nitrogen and oxygen atoms in total. The molecule has 0 spiro atoms. The van der Waals surface area contributed by atoms with Crippen LogP contribution in [0.5, 0.6) is 5.75 Å². The van der Waals surface area contributed by atoms with E-state index < -0.39 is 0 Å². The van der Waals surface area contributed by atoms with Crippen LogP contribution in [0.3, 0.4) is 0 Å². The fourth-order valence-electron chi connectivity index (χ4n) is 4.60. The minimum atomic E-state index is -0.126. The minimum Gasteiger partial charge on any atom is -0.495 e. The smallest absolute Gasteiger partial charge is 0.343 e. The number of likely N-dealkylation sites (tertiary alicyclic amines) is 1. The van der Waals surface area contributed by atoms with Gasteiger partial charge in [0.25, 0.3) is 5.91 Å². The fraction of sp³-hybridized carbons (Fsp3) is 0.520. The summed E-state index contributed by atoms with van der Waals surface area (Å²) >= 11 is 0. The fourth-order valence-corrected chi connectivity index (χ4v) is 4.60. The topological polar surface area (TPSA) is 106 Å². The molecule has 2 aliphatic rings. The van der Waals surface area contributed by atoms with E-state index in [1.165, 1.54) is 0 Å². The van der Waals surface area contributed by atoms with E-state index >= 15 is 0 Å². The molecule has 194 valence electrons. The maximum absolute atomic E-state index is 12.8. The van der Waals surface area contributed by atoms with Gasteiger partial charge in [-0.15, -0.1) is 0 Å². The highest BCUT2D eigenvalue weighted by atomic mass is 16.5. The second kappa shape index (κ2) is 10.6. The van der Waals surface area contributed by atoms with Gasteiger partial charge >= 0.3 is 6.03 Å². The van der Waals surface area contributed by atoms with Gasteiger partial charge in [-0.25, -0.2) is 14.8 Å². The van der Waals surface area contributed by atoms with E-state index in [0.717, 1.165) is 25.9 Å². The summed E-state index contributed by atoms with van der Waals surface area (Å²) in [6.07, 6.45) is 3.53. The van der Waals surface area contributed by atoms with Crippen molar-refractivity contribution in [3.05, 3.63) is 30.0 Å². The van der Waals surface area contributed by atoms with Gasteiger partial charge in [-0.2, -0.15) is 4.98 Å². The third-order valence-corrected chi connectivity index (χ3v) is 6.65. The highest BCUT2D eigenvalue weighted by Crippen LogP contribution is 2.36. The molecule has 0 radical (unpaired) electrons. The average Bonchev–Trinajstić information content (AvgIpc) is 2.87. The molecule has 0 atom stereocenters. The Bertz CT molecular complexity index is 1120. The van der Waals surface area contributed by atoms with Crippen LogP contribution >= 0.6 is 0 Å². The number of amides is 3. The van der Waals surface area contributed by atoms with Crippen LogP contribution in [-0.2, 0) is 0 Å². The van der Waals surface area contributed by atoms with Crippen LogP contribution < -0.4 is 25.3 Å². The van der Waals surface area contributed by atoms with Crippen LogP contribution in [0.25, 0.3) is 0 Å². The third-order valence-electron chi connectivity index (χ3n) is 6.65. The predicted octanol–water partition coefficient (Wildman–Crippen LogP) is 3.07. The normalized spacial score (nSPS) is 16.9. The van der Waals surface area contributed by atoms with Gasteiger partial charge in [-0.1, -0.05) is 0 Å². The van der Waals surface area contributed by atoms with E-state index in [4.69, 9.17) is 9.72 Å². The summed E-state index contributed by atoms with van der Waals surface area (Å²) in [5, 5.41) is 9.90. The van der Waals surface area contributed by atoms with Crippen molar-refractivity contribution < 1.29 is 14.3 Å². The molecule has 0 saturated carbocycles. The number of rotatable bonds is 7. The maximum Gasteiger partial charge on any atom is 0.343 e. The standard InChI is InChI=1S/C25H36N8O3/c1-7-32-25(35)31(5)20-15-26-24(29-22(20)33(32)16(2)3)28-19-9-8-17(14-21(19)36-6)23(34)27-18-10-12-30(4)13-11-18/h8-9,14-16,18H,7,10-13H2,1-6H3,(H,27,34)(H,26,28,29). The summed E-state index contributed by atoms with van der Waals surface area (Å²) in [5.74, 6) is 1.40. The number of aromatic nitrogens is 2. The van der Waals surface area contributed by atoms with Crippen LogP contribution in [0.2, 0.25) is 0 Å². The first kappa shape index (κ1) is 25.5. The number of hydrogen-bond acceptors (Lipinski definition) is 8. The number of carbonyl (C=O) groups is 2. The van der Waals surface area contributed by atoms with Gasteiger partial charge in [-0.3, -0.25) is 14.7 Å². The summed E-state index contributed by atoms with van der Waals surface area (Å²) < 4.78 is 5.57. The van der Waals surface area contributed by atoms with Crippen molar-refractivity contribution >= 4 is 35.1 Å². The van der Waals surface area contributed by atoms with Crippen molar-refractivity contribution in [2.24, 2.45) is 0 Å². The van der Waals surface area contributed by atoms with Gasteiger partial charge in [0.15, 0.2) is 5.82 Å². The Labute approximate surface area is 212 Å². The van der Waals surface area contributed by atoms with Gasteiger partial charge in [0, 0.05) is 31.2 Å². The first-order valence-corrected chi connectivity index (χ1v) is 12.4. The molecular weight excluding hydrogens is 460 g/mol. The number of nitrogens with zero attached hydrogens (tertiary/aromatic N) is 6. The van der Waals surface area contributed by atoms with Gasteiger partial charge in [0.2, 0.25) is 5.95 Å². The molecule has 1 aromatic carbocycles. The van der Waals surface area contributed by atoms with E-state index in [1.807, 2.05) is 25.8 Å². The molecule has 0 unspecified atom stereocenters. The van der Waals surface area contributed by atoms with Crippen molar-refractivity contribution in [3.63, 3.8) is 0 Å². The molecule has 3 heterocycles. The summed E-state index contributed by atoms with van der Waals surface area (Å²) in [4.78, 5) is 38.6. The van der Waals surface area contributed by atoms with Crippen molar-refractivity contribution in [1.29, 1.82) is 0 Å². The second-order valence-electron chi connectivity index (χ2n) is 9.49. The number of piperidine rings is 1. The molecule has 11 heteroatoms. The number of ether oxygens (including phenoxy) is 1. The molecule has 2 aliphatic heterocycles. The third kappa shape index (κ3) is 5.01. The van der Waals surface area contributed by atoms with Crippen LogP contribution in [0, 0.1) is 0 Å². The van der Waals surface area contributed by atoms with Crippen molar-refractivity contribution in [2.45, 2.75) is 45.7 Å². The lowest BCUT2D eigenvalue weighted by Gasteiger charge is -2.44.